The number of carbonyl (C=O) groups is 1. The predicted octanol–water partition coefficient (Wildman–Crippen LogP) is 5.20. The van der Waals surface area contributed by atoms with Gasteiger partial charge in [0.15, 0.2) is 5.78 Å². The fourth-order valence-electron chi connectivity index (χ4n) is 3.34. The van der Waals surface area contributed by atoms with Crippen LogP contribution < -0.4 is 0 Å². The highest BCUT2D eigenvalue weighted by atomic mass is 16.3. The van der Waals surface area contributed by atoms with Crippen molar-refractivity contribution in [2.24, 2.45) is 0 Å². The van der Waals surface area contributed by atoms with Crippen molar-refractivity contribution in [3.8, 4) is 0 Å². The van der Waals surface area contributed by atoms with E-state index in [1.54, 1.807) is 6.92 Å². The molecular formula is C21H22O2. The first-order valence-electron chi connectivity index (χ1n) is 7.94. The van der Waals surface area contributed by atoms with Crippen molar-refractivity contribution in [3.63, 3.8) is 0 Å². The van der Waals surface area contributed by atoms with Gasteiger partial charge in [0.2, 0.25) is 0 Å². The van der Waals surface area contributed by atoms with E-state index in [0.29, 0.717) is 12.2 Å². The molecule has 0 saturated carbocycles. The molecule has 2 nitrogen and oxygen atoms in total. The molecule has 2 aromatic carbocycles. The fraction of sp³-hybridized carbons (Fsp3) is 0.286. The van der Waals surface area contributed by atoms with Gasteiger partial charge in [-0.2, -0.15) is 0 Å². The molecule has 2 heteroatoms. The van der Waals surface area contributed by atoms with E-state index in [-0.39, 0.29) is 11.2 Å². The van der Waals surface area contributed by atoms with Gasteiger partial charge in [-0.3, -0.25) is 4.79 Å². The number of fused-ring (bicyclic) bond motifs is 1. The molecular weight excluding hydrogens is 284 g/mol. The number of aliphatic hydroxyl groups excluding tert-OH is 1. The Balaban J connectivity index is 2.23. The number of aryl methyl sites for hydroxylation is 1. The number of carbonyl (C=O) groups excluding carboxylic acids is 1. The summed E-state index contributed by atoms with van der Waals surface area (Å²) in [7, 11) is 0. The third kappa shape index (κ3) is 2.70. The Morgan fingerprint density at radius 1 is 1.09 bits per heavy atom. The van der Waals surface area contributed by atoms with Crippen LogP contribution in [0, 0.1) is 6.92 Å². The number of benzene rings is 2. The smallest absolute Gasteiger partial charge is 0.159 e. The average molecular weight is 306 g/mol. The maximum atomic E-state index is 11.7. The molecule has 3 rings (SSSR count). The summed E-state index contributed by atoms with van der Waals surface area (Å²) in [5.74, 6) is 0.487. The molecule has 0 aromatic heterocycles. The molecule has 0 heterocycles. The van der Waals surface area contributed by atoms with Gasteiger partial charge in [0.05, 0.1) is 0 Å². The molecule has 0 spiro atoms. The lowest BCUT2D eigenvalue weighted by molar-refractivity contribution is 0.101. The molecule has 2 aromatic rings. The first kappa shape index (κ1) is 15.5. The van der Waals surface area contributed by atoms with E-state index in [1.165, 1.54) is 5.56 Å². The number of rotatable bonds is 2. The molecule has 0 atom stereocenters. The zero-order valence-electron chi connectivity index (χ0n) is 14.1. The molecule has 23 heavy (non-hydrogen) atoms. The number of hydrogen-bond donors (Lipinski definition) is 1. The van der Waals surface area contributed by atoms with Crippen LogP contribution in [0.25, 0.3) is 5.57 Å². The van der Waals surface area contributed by atoms with Crippen LogP contribution in [0.1, 0.15) is 59.8 Å². The number of allylic oxidation sites excluding steroid dienone is 1. The third-order valence-corrected chi connectivity index (χ3v) is 4.66. The molecule has 0 radical (unpaired) electrons. The maximum Gasteiger partial charge on any atom is 0.159 e. The van der Waals surface area contributed by atoms with Gasteiger partial charge in [0, 0.05) is 17.6 Å². The Kier molecular flexibility index (Phi) is 3.63. The minimum Gasteiger partial charge on any atom is -0.512 e. The lowest BCUT2D eigenvalue weighted by atomic mass is 9.70. The number of ketones is 1. The van der Waals surface area contributed by atoms with Crippen molar-refractivity contribution in [2.75, 3.05) is 0 Å². The Morgan fingerprint density at radius 2 is 1.74 bits per heavy atom. The van der Waals surface area contributed by atoms with E-state index in [2.05, 4.69) is 32.9 Å². The van der Waals surface area contributed by atoms with E-state index >= 15 is 0 Å². The zero-order chi connectivity index (χ0) is 16.8. The number of aliphatic hydroxyl groups is 1. The summed E-state index contributed by atoms with van der Waals surface area (Å²) in [6.45, 7) is 7.86. The van der Waals surface area contributed by atoms with E-state index in [9.17, 15) is 9.90 Å². The zero-order valence-corrected chi connectivity index (χ0v) is 14.1. The summed E-state index contributed by atoms with van der Waals surface area (Å²) in [6.07, 6.45) is 0.574. The van der Waals surface area contributed by atoms with Gasteiger partial charge in [-0.25, -0.2) is 0 Å². The van der Waals surface area contributed by atoms with Gasteiger partial charge >= 0.3 is 0 Å². The lowest BCUT2D eigenvalue weighted by Gasteiger charge is -2.34. The van der Waals surface area contributed by atoms with Crippen LogP contribution in [0.4, 0.5) is 0 Å². The van der Waals surface area contributed by atoms with Gasteiger partial charge in [0.1, 0.15) is 5.76 Å². The summed E-state index contributed by atoms with van der Waals surface area (Å²) in [5.41, 5.74) is 5.76. The van der Waals surface area contributed by atoms with Gasteiger partial charge < -0.3 is 5.11 Å². The van der Waals surface area contributed by atoms with Crippen molar-refractivity contribution < 1.29 is 9.90 Å². The summed E-state index contributed by atoms with van der Waals surface area (Å²) >= 11 is 0. The largest absolute Gasteiger partial charge is 0.512 e. The van der Waals surface area contributed by atoms with Crippen LogP contribution in [0.2, 0.25) is 0 Å². The minimum absolute atomic E-state index is 0.0688. The van der Waals surface area contributed by atoms with E-state index in [1.807, 2.05) is 30.3 Å². The second kappa shape index (κ2) is 5.38. The van der Waals surface area contributed by atoms with Crippen LogP contribution in [-0.4, -0.2) is 10.9 Å². The van der Waals surface area contributed by atoms with Crippen LogP contribution in [0.5, 0.6) is 0 Å². The van der Waals surface area contributed by atoms with Crippen molar-refractivity contribution in [3.05, 3.63) is 76.0 Å². The van der Waals surface area contributed by atoms with Crippen molar-refractivity contribution in [1.82, 2.24) is 0 Å². The summed E-state index contributed by atoms with van der Waals surface area (Å²) in [4.78, 5) is 11.7. The quantitative estimate of drug-likeness (QED) is 0.775. The molecule has 1 aliphatic carbocycles. The van der Waals surface area contributed by atoms with Gasteiger partial charge in [-0.1, -0.05) is 55.8 Å². The molecule has 1 aliphatic rings. The van der Waals surface area contributed by atoms with Crippen LogP contribution in [0.3, 0.4) is 0 Å². The topological polar surface area (TPSA) is 37.3 Å². The Hall–Kier alpha value is -2.35. The lowest BCUT2D eigenvalue weighted by Crippen LogP contribution is -2.25. The first-order valence-corrected chi connectivity index (χ1v) is 7.94. The average Bonchev–Trinajstić information content (AvgIpc) is 2.48. The highest BCUT2D eigenvalue weighted by Crippen LogP contribution is 2.44. The van der Waals surface area contributed by atoms with E-state index in [0.717, 1.165) is 27.8 Å². The van der Waals surface area contributed by atoms with E-state index < -0.39 is 0 Å². The Bertz CT molecular complexity index is 808. The van der Waals surface area contributed by atoms with E-state index in [4.69, 9.17) is 0 Å². The van der Waals surface area contributed by atoms with Gasteiger partial charge in [0.25, 0.3) is 0 Å². The summed E-state index contributed by atoms with van der Waals surface area (Å²) in [5, 5.41) is 10.7. The first-order chi connectivity index (χ1) is 10.8. The molecule has 0 unspecified atom stereocenters. The number of hydrogen-bond acceptors (Lipinski definition) is 2. The Morgan fingerprint density at radius 3 is 2.35 bits per heavy atom. The second-order valence-electron chi connectivity index (χ2n) is 7.06. The van der Waals surface area contributed by atoms with Gasteiger partial charge in [-0.05, 0) is 42.0 Å². The predicted molar refractivity (Wildman–Crippen MR) is 93.9 cm³/mol. The summed E-state index contributed by atoms with van der Waals surface area (Å²) < 4.78 is 0. The van der Waals surface area contributed by atoms with Crippen molar-refractivity contribution >= 4 is 11.4 Å². The SMILES string of the molecule is CC(=O)c1ccc2c(c1)C(C)(C)CC(O)=C2c1ccc(C)cc1. The normalized spacial score (nSPS) is 16.2. The highest BCUT2D eigenvalue weighted by Gasteiger charge is 2.33. The standard InChI is InChI=1S/C21H22O2/c1-13-5-7-15(8-6-13)20-17-10-9-16(14(2)22)11-18(17)21(3,4)12-19(20)23/h5-11,23H,12H2,1-4H3. The molecule has 1 N–H and O–H groups in total. The third-order valence-electron chi connectivity index (χ3n) is 4.66. The molecule has 0 aliphatic heterocycles. The van der Waals surface area contributed by atoms with Crippen molar-refractivity contribution in [1.29, 1.82) is 0 Å². The van der Waals surface area contributed by atoms with Crippen LogP contribution in [0.15, 0.2) is 48.2 Å². The Labute approximate surface area is 137 Å². The monoisotopic (exact) mass is 306 g/mol. The van der Waals surface area contributed by atoms with Crippen LogP contribution in [-0.2, 0) is 5.41 Å². The van der Waals surface area contributed by atoms with Crippen LogP contribution >= 0.6 is 0 Å². The highest BCUT2D eigenvalue weighted by molar-refractivity contribution is 5.95. The number of Topliss-reactive ketones (excluding diaryl/α,β-unsaturated/α-hetero) is 1. The fourth-order valence-corrected chi connectivity index (χ4v) is 3.34. The summed E-state index contributed by atoms with van der Waals surface area (Å²) in [6, 6.07) is 14.0. The minimum atomic E-state index is -0.195. The molecule has 118 valence electrons. The second-order valence-corrected chi connectivity index (χ2v) is 7.06. The molecule has 0 bridgehead atoms. The van der Waals surface area contributed by atoms with Gasteiger partial charge in [-0.15, -0.1) is 0 Å². The molecule has 0 saturated heterocycles. The molecule has 0 amide bonds. The molecule has 0 fully saturated rings. The van der Waals surface area contributed by atoms with Crippen molar-refractivity contribution in [2.45, 2.75) is 39.5 Å². The maximum absolute atomic E-state index is 11.7.